The van der Waals surface area contributed by atoms with Crippen molar-refractivity contribution in [2.24, 2.45) is 22.7 Å². The largest absolute Gasteiger partial charge is 0.384 e. The fraction of sp³-hybridized carbons (Fsp3) is 0.526. The number of carbonyl (C=O) groups is 1. The molecule has 0 radical (unpaired) electrons. The molecule has 3 heterocycles. The molecular weight excluding hydrogens is 330 g/mol. The van der Waals surface area contributed by atoms with E-state index >= 15 is 0 Å². The van der Waals surface area contributed by atoms with Crippen LogP contribution in [0.2, 0.25) is 0 Å². The maximum Gasteiger partial charge on any atom is 0.243 e. The highest BCUT2D eigenvalue weighted by Crippen LogP contribution is 2.41. The summed E-state index contributed by atoms with van der Waals surface area (Å²) in [6.07, 6.45) is 7.59. The fourth-order valence-electron chi connectivity index (χ4n) is 4.36. The molecule has 1 aliphatic carbocycles. The number of hydrogen-bond donors (Lipinski definition) is 3. The Morgan fingerprint density at radius 2 is 2.23 bits per heavy atom. The third-order valence-electron chi connectivity index (χ3n) is 5.82. The molecule has 3 unspecified atom stereocenters. The molecule has 0 aromatic carbocycles. The van der Waals surface area contributed by atoms with E-state index in [4.69, 9.17) is 10.5 Å². The number of hydrazone groups is 1. The molecule has 2 aromatic rings. The molecule has 1 saturated carbocycles. The minimum atomic E-state index is 0.00325. The topological polar surface area (TPSA) is 105 Å². The van der Waals surface area contributed by atoms with Crippen LogP contribution in [0.15, 0.2) is 23.6 Å². The number of aromatic amines is 1. The normalized spacial score (nSPS) is 25.7. The van der Waals surface area contributed by atoms with Gasteiger partial charge in [0.25, 0.3) is 0 Å². The van der Waals surface area contributed by atoms with Crippen molar-refractivity contribution in [2.45, 2.75) is 31.6 Å². The van der Waals surface area contributed by atoms with E-state index in [1.165, 1.54) is 11.1 Å². The molecule has 3 atom stereocenters. The van der Waals surface area contributed by atoms with Crippen LogP contribution in [0.5, 0.6) is 0 Å². The van der Waals surface area contributed by atoms with Crippen LogP contribution < -0.4 is 11.2 Å². The van der Waals surface area contributed by atoms with E-state index < -0.39 is 0 Å². The van der Waals surface area contributed by atoms with Crippen LogP contribution in [-0.4, -0.2) is 41.8 Å². The number of H-pyrrole nitrogens is 1. The van der Waals surface area contributed by atoms with E-state index in [9.17, 15) is 4.79 Å². The first-order chi connectivity index (χ1) is 12.7. The highest BCUT2D eigenvalue weighted by Gasteiger charge is 2.40. The molecule has 4 N–H and O–H groups in total. The second-order valence-electron chi connectivity index (χ2n) is 7.23. The Hall–Kier alpha value is -2.25. The van der Waals surface area contributed by atoms with Crippen molar-refractivity contribution in [1.82, 2.24) is 15.4 Å². The molecule has 1 amide bonds. The van der Waals surface area contributed by atoms with Crippen LogP contribution in [0.1, 0.15) is 36.3 Å². The molecule has 1 fully saturated rings. The quantitative estimate of drug-likeness (QED) is 0.759. The molecule has 0 saturated heterocycles. The number of nitrogens with one attached hydrogen (secondary N) is 2. The Kier molecular flexibility index (Phi) is 4.74. The van der Waals surface area contributed by atoms with Gasteiger partial charge in [0.1, 0.15) is 5.65 Å². The summed E-state index contributed by atoms with van der Waals surface area (Å²) in [6.45, 7) is 1.08. The van der Waals surface area contributed by atoms with Crippen molar-refractivity contribution in [3.8, 4) is 0 Å². The lowest BCUT2D eigenvalue weighted by molar-refractivity contribution is -0.127. The highest BCUT2D eigenvalue weighted by molar-refractivity contribution is 5.97. The summed E-state index contributed by atoms with van der Waals surface area (Å²) in [5.41, 5.74) is 12.8. The zero-order valence-corrected chi connectivity index (χ0v) is 15.0. The monoisotopic (exact) mass is 355 g/mol. The number of nitrogens with zero attached hydrogens (tertiary/aromatic N) is 2. The minimum absolute atomic E-state index is 0.00325. The van der Waals surface area contributed by atoms with E-state index in [0.717, 1.165) is 42.4 Å². The number of nitrogens with two attached hydrogens (primary N) is 1. The molecule has 0 bridgehead atoms. The summed E-state index contributed by atoms with van der Waals surface area (Å²) in [6, 6.07) is 2.25. The SMILES string of the molecule is COCCc1c[nH]c2ncc(C3CCC4C(=O)NN=C(CN)C4C3)cc12. The van der Waals surface area contributed by atoms with Crippen LogP contribution in [0.25, 0.3) is 11.0 Å². The zero-order valence-electron chi connectivity index (χ0n) is 15.0. The van der Waals surface area contributed by atoms with E-state index in [1.54, 1.807) is 7.11 Å². The molecule has 1 aliphatic heterocycles. The molecule has 7 nitrogen and oxygen atoms in total. The number of aromatic nitrogens is 2. The first kappa shape index (κ1) is 17.2. The molecule has 0 spiro atoms. The first-order valence-corrected chi connectivity index (χ1v) is 9.22. The predicted octanol–water partition coefficient (Wildman–Crippen LogP) is 1.70. The van der Waals surface area contributed by atoms with Crippen molar-refractivity contribution in [1.29, 1.82) is 0 Å². The number of rotatable bonds is 5. The van der Waals surface area contributed by atoms with E-state index in [2.05, 4.69) is 26.6 Å². The summed E-state index contributed by atoms with van der Waals surface area (Å²) in [7, 11) is 1.72. The molecule has 7 heteroatoms. The summed E-state index contributed by atoms with van der Waals surface area (Å²) >= 11 is 0. The Bertz CT molecular complexity index is 844. The van der Waals surface area contributed by atoms with Crippen molar-refractivity contribution in [3.63, 3.8) is 0 Å². The minimum Gasteiger partial charge on any atom is -0.384 e. The molecule has 138 valence electrons. The highest BCUT2D eigenvalue weighted by atomic mass is 16.5. The third-order valence-corrected chi connectivity index (χ3v) is 5.82. The van der Waals surface area contributed by atoms with Gasteiger partial charge in [-0.25, -0.2) is 10.4 Å². The average Bonchev–Trinajstić information content (AvgIpc) is 3.08. The predicted molar refractivity (Wildman–Crippen MR) is 99.9 cm³/mol. The molecular formula is C19H25N5O2. The second kappa shape index (κ2) is 7.17. The van der Waals surface area contributed by atoms with Gasteiger partial charge >= 0.3 is 0 Å². The van der Waals surface area contributed by atoms with E-state index in [1.807, 2.05) is 12.4 Å². The van der Waals surface area contributed by atoms with Gasteiger partial charge in [0, 0.05) is 43.3 Å². The molecule has 2 aliphatic rings. The Balaban J connectivity index is 1.60. The lowest BCUT2D eigenvalue weighted by atomic mass is 9.69. The summed E-state index contributed by atoms with van der Waals surface area (Å²) < 4.78 is 5.21. The number of amides is 1. The van der Waals surface area contributed by atoms with Gasteiger partial charge in [0.2, 0.25) is 5.91 Å². The Morgan fingerprint density at radius 1 is 1.35 bits per heavy atom. The number of methoxy groups -OCH3 is 1. The smallest absolute Gasteiger partial charge is 0.243 e. The number of fused-ring (bicyclic) bond motifs is 2. The number of pyridine rings is 1. The zero-order chi connectivity index (χ0) is 18.1. The van der Waals surface area contributed by atoms with Gasteiger partial charge in [-0.05, 0) is 48.8 Å². The lowest BCUT2D eigenvalue weighted by Gasteiger charge is -2.37. The van der Waals surface area contributed by atoms with Gasteiger partial charge in [0.05, 0.1) is 12.3 Å². The van der Waals surface area contributed by atoms with Crippen LogP contribution in [0.4, 0.5) is 0 Å². The van der Waals surface area contributed by atoms with Crippen LogP contribution in [-0.2, 0) is 16.0 Å². The van der Waals surface area contributed by atoms with E-state index in [0.29, 0.717) is 19.1 Å². The molecule has 26 heavy (non-hydrogen) atoms. The van der Waals surface area contributed by atoms with Gasteiger partial charge in [-0.15, -0.1) is 0 Å². The third kappa shape index (κ3) is 3.01. The summed E-state index contributed by atoms with van der Waals surface area (Å²) in [5, 5.41) is 5.35. The van der Waals surface area contributed by atoms with Crippen molar-refractivity contribution >= 4 is 22.7 Å². The standard InChI is InChI=1S/C19H25N5O2/c1-26-5-4-12-9-21-18-15(12)7-13(10-22-18)11-2-3-14-16(6-11)17(8-20)23-24-19(14)25/h7,9-11,14,16H,2-6,8,20H2,1H3,(H,21,22)(H,24,25). The van der Waals surface area contributed by atoms with Gasteiger partial charge in [-0.1, -0.05) is 0 Å². The maximum atomic E-state index is 12.1. The van der Waals surface area contributed by atoms with Crippen LogP contribution in [0.3, 0.4) is 0 Å². The summed E-state index contributed by atoms with van der Waals surface area (Å²) in [4.78, 5) is 20.0. The van der Waals surface area contributed by atoms with Crippen LogP contribution in [0, 0.1) is 11.8 Å². The van der Waals surface area contributed by atoms with E-state index in [-0.39, 0.29) is 17.7 Å². The van der Waals surface area contributed by atoms with Crippen molar-refractivity contribution < 1.29 is 9.53 Å². The molecule has 4 rings (SSSR count). The Labute approximate surface area is 152 Å². The van der Waals surface area contributed by atoms with Crippen molar-refractivity contribution in [3.05, 3.63) is 29.6 Å². The Morgan fingerprint density at radius 3 is 3.04 bits per heavy atom. The first-order valence-electron chi connectivity index (χ1n) is 9.22. The van der Waals surface area contributed by atoms with Gasteiger partial charge in [0.15, 0.2) is 0 Å². The van der Waals surface area contributed by atoms with Gasteiger partial charge in [-0.3, -0.25) is 4.79 Å². The van der Waals surface area contributed by atoms with Gasteiger partial charge in [-0.2, -0.15) is 5.10 Å². The van der Waals surface area contributed by atoms with Crippen LogP contribution >= 0.6 is 0 Å². The maximum absolute atomic E-state index is 12.1. The number of carbonyl (C=O) groups excluding carboxylic acids is 1. The molecule has 2 aromatic heterocycles. The fourth-order valence-corrected chi connectivity index (χ4v) is 4.36. The summed E-state index contributed by atoms with van der Waals surface area (Å²) in [5.74, 6) is 0.554. The average molecular weight is 355 g/mol. The van der Waals surface area contributed by atoms with Gasteiger partial charge < -0.3 is 15.5 Å². The second-order valence-corrected chi connectivity index (χ2v) is 7.23. The lowest BCUT2D eigenvalue weighted by Crippen LogP contribution is -2.46. The number of ether oxygens (including phenoxy) is 1. The number of hydrogen-bond acceptors (Lipinski definition) is 5. The van der Waals surface area contributed by atoms with Crippen molar-refractivity contribution in [2.75, 3.05) is 20.3 Å².